The molecule has 2 N–H and O–H groups in total. The minimum absolute atomic E-state index is 0.118. The molecule has 0 saturated heterocycles. The van der Waals surface area contributed by atoms with Gasteiger partial charge in [0.25, 0.3) is 0 Å². The summed E-state index contributed by atoms with van der Waals surface area (Å²) < 4.78 is 11.5. The van der Waals surface area contributed by atoms with E-state index in [9.17, 15) is 5.11 Å². The molecular formula is C16H21NO3. The molecule has 2 aromatic rings. The van der Waals surface area contributed by atoms with Crippen molar-refractivity contribution in [2.24, 2.45) is 0 Å². The van der Waals surface area contributed by atoms with Crippen molar-refractivity contribution >= 4 is 11.0 Å². The van der Waals surface area contributed by atoms with Crippen molar-refractivity contribution < 1.29 is 14.3 Å². The van der Waals surface area contributed by atoms with E-state index in [2.05, 4.69) is 12.2 Å². The summed E-state index contributed by atoms with van der Waals surface area (Å²) in [6, 6.07) is 5.71. The van der Waals surface area contributed by atoms with E-state index in [-0.39, 0.29) is 6.04 Å². The van der Waals surface area contributed by atoms with Gasteiger partial charge in [-0.05, 0) is 45.0 Å². The van der Waals surface area contributed by atoms with Crippen molar-refractivity contribution in [3.05, 3.63) is 30.0 Å². The molecule has 2 atom stereocenters. The molecule has 0 fully saturated rings. The number of ether oxygens (including phenoxy) is 1. The van der Waals surface area contributed by atoms with Crippen LogP contribution in [0.4, 0.5) is 0 Å². The Balaban J connectivity index is 2.12. The lowest BCUT2D eigenvalue weighted by molar-refractivity contribution is -0.0634. The number of fused-ring (bicyclic) bond motifs is 3. The average Bonchev–Trinajstić information content (AvgIpc) is 2.88. The van der Waals surface area contributed by atoms with Gasteiger partial charge in [-0.25, -0.2) is 0 Å². The van der Waals surface area contributed by atoms with Crippen molar-refractivity contribution in [3.63, 3.8) is 0 Å². The number of nitrogens with one attached hydrogen (secondary N) is 1. The van der Waals surface area contributed by atoms with Crippen LogP contribution in [-0.2, 0) is 0 Å². The molecule has 0 radical (unpaired) electrons. The van der Waals surface area contributed by atoms with Crippen LogP contribution in [0.15, 0.2) is 28.9 Å². The highest BCUT2D eigenvalue weighted by atomic mass is 16.5. The molecule has 3 rings (SSSR count). The lowest BCUT2D eigenvalue weighted by Gasteiger charge is -2.42. The third-order valence-corrected chi connectivity index (χ3v) is 3.96. The molecule has 0 saturated carbocycles. The van der Waals surface area contributed by atoms with Crippen molar-refractivity contribution in [2.45, 2.75) is 44.9 Å². The molecule has 1 aliphatic rings. The summed E-state index contributed by atoms with van der Waals surface area (Å²) in [5, 5.41) is 15.0. The van der Waals surface area contributed by atoms with E-state index in [4.69, 9.17) is 9.15 Å². The smallest absolute Gasteiger partial charge is 0.137 e. The minimum atomic E-state index is -0.635. The van der Waals surface area contributed by atoms with Crippen molar-refractivity contribution in [1.29, 1.82) is 0 Å². The first-order valence-corrected chi connectivity index (χ1v) is 7.15. The Bertz CT molecular complexity index is 617. The van der Waals surface area contributed by atoms with Crippen LogP contribution in [0.5, 0.6) is 5.75 Å². The Morgan fingerprint density at radius 3 is 2.85 bits per heavy atom. The molecule has 4 heteroatoms. The highest BCUT2D eigenvalue weighted by molar-refractivity contribution is 5.86. The zero-order valence-corrected chi connectivity index (χ0v) is 12.1. The fourth-order valence-corrected chi connectivity index (χ4v) is 2.81. The van der Waals surface area contributed by atoms with Gasteiger partial charge in [0.15, 0.2) is 0 Å². The van der Waals surface area contributed by atoms with Crippen molar-refractivity contribution in [3.8, 4) is 5.75 Å². The van der Waals surface area contributed by atoms with E-state index in [1.165, 1.54) is 0 Å². The standard InChI is InChI=1S/C16H21NO3/c1-4-8-17-13-11-5-6-12-10(7-9-19-12)14(11)20-16(2,3)15(13)18/h5-7,9,13,15,17-18H,4,8H2,1-3H3. The molecule has 0 amide bonds. The molecule has 0 spiro atoms. The molecule has 1 aromatic carbocycles. The van der Waals surface area contributed by atoms with Crippen LogP contribution >= 0.6 is 0 Å². The van der Waals surface area contributed by atoms with Gasteiger partial charge in [0.05, 0.1) is 17.7 Å². The Morgan fingerprint density at radius 2 is 2.10 bits per heavy atom. The number of aliphatic hydroxyl groups excluding tert-OH is 1. The van der Waals surface area contributed by atoms with Gasteiger partial charge in [0, 0.05) is 5.56 Å². The summed E-state index contributed by atoms with van der Waals surface area (Å²) in [6.45, 7) is 6.81. The number of hydrogen-bond acceptors (Lipinski definition) is 4. The lowest BCUT2D eigenvalue weighted by Crippen LogP contribution is -2.52. The van der Waals surface area contributed by atoms with Gasteiger partial charge in [-0.1, -0.05) is 6.92 Å². The number of rotatable bonds is 3. The molecule has 20 heavy (non-hydrogen) atoms. The molecule has 0 aliphatic carbocycles. The van der Waals surface area contributed by atoms with Gasteiger partial charge in [-0.3, -0.25) is 0 Å². The number of furan rings is 1. The van der Waals surface area contributed by atoms with Gasteiger partial charge >= 0.3 is 0 Å². The lowest BCUT2D eigenvalue weighted by atomic mass is 9.86. The maximum atomic E-state index is 10.6. The van der Waals surface area contributed by atoms with Gasteiger partial charge in [-0.15, -0.1) is 0 Å². The molecule has 1 aliphatic heterocycles. The summed E-state index contributed by atoms with van der Waals surface area (Å²) in [5.74, 6) is 0.820. The fraction of sp³-hybridized carbons (Fsp3) is 0.500. The predicted molar refractivity (Wildman–Crippen MR) is 78.0 cm³/mol. The fourth-order valence-electron chi connectivity index (χ4n) is 2.81. The van der Waals surface area contributed by atoms with E-state index in [1.54, 1.807) is 6.26 Å². The maximum Gasteiger partial charge on any atom is 0.137 e. The van der Waals surface area contributed by atoms with Crippen LogP contribution < -0.4 is 10.1 Å². The highest BCUT2D eigenvalue weighted by Gasteiger charge is 2.43. The first kappa shape index (κ1) is 13.5. The molecule has 1 aromatic heterocycles. The molecule has 2 heterocycles. The van der Waals surface area contributed by atoms with E-state index in [1.807, 2.05) is 32.0 Å². The highest BCUT2D eigenvalue weighted by Crippen LogP contribution is 2.44. The van der Waals surface area contributed by atoms with Crippen LogP contribution in [0.1, 0.15) is 38.8 Å². The Hall–Kier alpha value is -1.52. The van der Waals surface area contributed by atoms with Gasteiger partial charge in [-0.2, -0.15) is 0 Å². The summed E-state index contributed by atoms with van der Waals surface area (Å²) in [7, 11) is 0. The van der Waals surface area contributed by atoms with E-state index >= 15 is 0 Å². The van der Waals surface area contributed by atoms with Crippen LogP contribution in [-0.4, -0.2) is 23.4 Å². The minimum Gasteiger partial charge on any atom is -0.484 e. The zero-order valence-electron chi connectivity index (χ0n) is 12.1. The maximum absolute atomic E-state index is 10.6. The quantitative estimate of drug-likeness (QED) is 0.904. The largest absolute Gasteiger partial charge is 0.484 e. The topological polar surface area (TPSA) is 54.6 Å². The van der Waals surface area contributed by atoms with Crippen molar-refractivity contribution in [1.82, 2.24) is 5.32 Å². The molecule has 4 nitrogen and oxygen atoms in total. The van der Waals surface area contributed by atoms with Crippen LogP contribution in [0.2, 0.25) is 0 Å². The van der Waals surface area contributed by atoms with Crippen LogP contribution in [0, 0.1) is 0 Å². The second kappa shape index (κ2) is 4.79. The Labute approximate surface area is 118 Å². The second-order valence-electron chi connectivity index (χ2n) is 5.90. The van der Waals surface area contributed by atoms with Crippen LogP contribution in [0.3, 0.4) is 0 Å². The summed E-state index contributed by atoms with van der Waals surface area (Å²) in [6.07, 6.45) is 2.10. The molecule has 0 bridgehead atoms. The monoisotopic (exact) mass is 275 g/mol. The summed E-state index contributed by atoms with van der Waals surface area (Å²) >= 11 is 0. The zero-order chi connectivity index (χ0) is 14.3. The van der Waals surface area contributed by atoms with Crippen LogP contribution in [0.25, 0.3) is 11.0 Å². The number of aliphatic hydroxyl groups is 1. The third-order valence-electron chi connectivity index (χ3n) is 3.96. The van der Waals surface area contributed by atoms with Gasteiger partial charge in [0.2, 0.25) is 0 Å². The normalized spacial score (nSPS) is 24.4. The summed E-state index contributed by atoms with van der Waals surface area (Å²) in [5.41, 5.74) is 1.17. The van der Waals surface area contributed by atoms with Gasteiger partial charge in [0.1, 0.15) is 23.0 Å². The number of hydrogen-bond donors (Lipinski definition) is 2. The third kappa shape index (κ3) is 2.00. The van der Waals surface area contributed by atoms with E-state index in [0.717, 1.165) is 35.2 Å². The Kier molecular flexibility index (Phi) is 3.22. The van der Waals surface area contributed by atoms with Gasteiger partial charge < -0.3 is 19.6 Å². The van der Waals surface area contributed by atoms with E-state index < -0.39 is 11.7 Å². The first-order chi connectivity index (χ1) is 9.54. The van der Waals surface area contributed by atoms with E-state index in [0.29, 0.717) is 0 Å². The molecule has 2 unspecified atom stereocenters. The number of benzene rings is 1. The SMILES string of the molecule is CCCNC1c2ccc3occc3c2OC(C)(C)C1O. The molecule has 108 valence electrons. The Morgan fingerprint density at radius 1 is 1.30 bits per heavy atom. The average molecular weight is 275 g/mol. The second-order valence-corrected chi connectivity index (χ2v) is 5.90. The molecular weight excluding hydrogens is 254 g/mol. The summed E-state index contributed by atoms with van der Waals surface area (Å²) in [4.78, 5) is 0. The predicted octanol–water partition coefficient (Wildman–Crippen LogP) is 3.01. The first-order valence-electron chi connectivity index (χ1n) is 7.15. The van der Waals surface area contributed by atoms with Crippen molar-refractivity contribution in [2.75, 3.05) is 6.54 Å².